The van der Waals surface area contributed by atoms with Crippen LogP contribution in [0.5, 0.6) is 5.75 Å². The van der Waals surface area contributed by atoms with Crippen molar-refractivity contribution in [3.63, 3.8) is 0 Å². The van der Waals surface area contributed by atoms with Crippen LogP contribution in [0.15, 0.2) is 48.5 Å². The number of nitrogens with zero attached hydrogens (tertiary/aromatic N) is 4. The van der Waals surface area contributed by atoms with Gasteiger partial charge in [0.15, 0.2) is 0 Å². The van der Waals surface area contributed by atoms with Crippen LogP contribution in [0.3, 0.4) is 0 Å². The minimum Gasteiger partial charge on any atom is -0.508 e. The van der Waals surface area contributed by atoms with Crippen LogP contribution < -0.4 is 10.2 Å². The van der Waals surface area contributed by atoms with Crippen LogP contribution >= 0.6 is 23.2 Å². The number of aromatic hydroxyl groups is 1. The quantitative estimate of drug-likeness (QED) is 0.515. The fourth-order valence-corrected chi connectivity index (χ4v) is 3.26. The standard InChI is InChI=1S/C21H23Cl2N5O/c1-28(14-4-6-16-5-2-3-7-18(16)22)21-26-19(23)25-20(27-21)24-13-12-15-8-10-17(29)11-9-15/h2-3,5,7-11,29H,4,6,12-14H2,1H3,(H,24,25,26,27). The predicted octanol–water partition coefficient (Wildman–Crippen LogP) is 4.61. The second kappa shape index (κ2) is 10.3. The van der Waals surface area contributed by atoms with Crippen LogP contribution in [-0.2, 0) is 12.8 Å². The SMILES string of the molecule is CN(CCCc1ccccc1Cl)c1nc(Cl)nc(NCCc2ccc(O)cc2)n1. The Morgan fingerprint density at radius 2 is 1.72 bits per heavy atom. The fourth-order valence-electron chi connectivity index (χ4n) is 2.88. The van der Waals surface area contributed by atoms with Gasteiger partial charge in [0.1, 0.15) is 5.75 Å². The average molecular weight is 432 g/mol. The lowest BCUT2D eigenvalue weighted by Crippen LogP contribution is -2.22. The number of benzene rings is 2. The molecule has 0 aliphatic heterocycles. The number of hydrogen-bond acceptors (Lipinski definition) is 6. The number of phenolic OH excluding ortho intramolecular Hbond substituents is 1. The summed E-state index contributed by atoms with van der Waals surface area (Å²) in [5.74, 6) is 1.22. The van der Waals surface area contributed by atoms with Crippen molar-refractivity contribution in [2.75, 3.05) is 30.4 Å². The molecule has 0 saturated carbocycles. The molecular weight excluding hydrogens is 409 g/mol. The van der Waals surface area contributed by atoms with Crippen LogP contribution in [0, 0.1) is 0 Å². The van der Waals surface area contributed by atoms with Crippen molar-refractivity contribution in [2.24, 2.45) is 0 Å². The second-order valence-electron chi connectivity index (χ2n) is 6.69. The highest BCUT2D eigenvalue weighted by atomic mass is 35.5. The normalized spacial score (nSPS) is 10.7. The van der Waals surface area contributed by atoms with Gasteiger partial charge in [-0.3, -0.25) is 0 Å². The molecule has 2 N–H and O–H groups in total. The van der Waals surface area contributed by atoms with E-state index in [1.165, 1.54) is 0 Å². The van der Waals surface area contributed by atoms with Crippen LogP contribution in [0.25, 0.3) is 0 Å². The predicted molar refractivity (Wildman–Crippen MR) is 118 cm³/mol. The third-order valence-electron chi connectivity index (χ3n) is 4.47. The van der Waals surface area contributed by atoms with Crippen molar-refractivity contribution in [2.45, 2.75) is 19.3 Å². The molecule has 0 fully saturated rings. The summed E-state index contributed by atoms with van der Waals surface area (Å²) in [4.78, 5) is 14.8. The summed E-state index contributed by atoms with van der Waals surface area (Å²) in [6.45, 7) is 1.40. The van der Waals surface area contributed by atoms with E-state index in [9.17, 15) is 5.11 Å². The first-order valence-corrected chi connectivity index (χ1v) is 10.1. The maximum Gasteiger partial charge on any atom is 0.231 e. The fraction of sp³-hybridized carbons (Fsp3) is 0.286. The van der Waals surface area contributed by atoms with Gasteiger partial charge < -0.3 is 15.3 Å². The first-order valence-electron chi connectivity index (χ1n) is 9.39. The number of hydrogen-bond donors (Lipinski definition) is 2. The van der Waals surface area contributed by atoms with Gasteiger partial charge in [0.05, 0.1) is 0 Å². The Morgan fingerprint density at radius 1 is 0.966 bits per heavy atom. The van der Waals surface area contributed by atoms with Crippen molar-refractivity contribution in [1.82, 2.24) is 15.0 Å². The van der Waals surface area contributed by atoms with Crippen molar-refractivity contribution in [3.05, 3.63) is 70.0 Å². The molecule has 0 radical (unpaired) electrons. The van der Waals surface area contributed by atoms with Gasteiger partial charge in [-0.25, -0.2) is 0 Å². The van der Waals surface area contributed by atoms with E-state index in [1.54, 1.807) is 12.1 Å². The van der Waals surface area contributed by atoms with E-state index in [0.29, 0.717) is 18.4 Å². The molecule has 3 aromatic rings. The van der Waals surface area contributed by atoms with Gasteiger partial charge in [-0.05, 0) is 60.2 Å². The zero-order chi connectivity index (χ0) is 20.6. The topological polar surface area (TPSA) is 74.2 Å². The first kappa shape index (κ1) is 21.1. The Labute approximate surface area is 180 Å². The van der Waals surface area contributed by atoms with Gasteiger partial charge in [-0.2, -0.15) is 15.0 Å². The molecule has 6 nitrogen and oxygen atoms in total. The molecule has 0 atom stereocenters. The van der Waals surface area contributed by atoms with Gasteiger partial charge in [0.2, 0.25) is 17.2 Å². The largest absolute Gasteiger partial charge is 0.508 e. The molecule has 0 bridgehead atoms. The Balaban J connectivity index is 1.53. The van der Waals surface area contributed by atoms with Gasteiger partial charge >= 0.3 is 0 Å². The Bertz CT molecular complexity index is 937. The van der Waals surface area contributed by atoms with Gasteiger partial charge in [0, 0.05) is 25.2 Å². The van der Waals surface area contributed by atoms with Crippen molar-refractivity contribution < 1.29 is 5.11 Å². The van der Waals surface area contributed by atoms with Crippen molar-refractivity contribution >= 4 is 35.1 Å². The number of halogens is 2. The number of aryl methyl sites for hydroxylation is 1. The molecule has 0 unspecified atom stereocenters. The summed E-state index contributed by atoms with van der Waals surface area (Å²) in [5, 5.41) is 13.5. The highest BCUT2D eigenvalue weighted by Gasteiger charge is 2.10. The summed E-state index contributed by atoms with van der Waals surface area (Å²) < 4.78 is 0. The summed E-state index contributed by atoms with van der Waals surface area (Å²) in [5.41, 5.74) is 2.24. The van der Waals surface area contributed by atoms with Crippen LogP contribution in [0.4, 0.5) is 11.9 Å². The van der Waals surface area contributed by atoms with E-state index < -0.39 is 0 Å². The number of anilines is 2. The highest BCUT2D eigenvalue weighted by Crippen LogP contribution is 2.18. The summed E-state index contributed by atoms with van der Waals surface area (Å²) >= 11 is 12.3. The molecule has 3 rings (SSSR count). The summed E-state index contributed by atoms with van der Waals surface area (Å²) in [6, 6.07) is 15.0. The number of rotatable bonds is 9. The zero-order valence-corrected chi connectivity index (χ0v) is 17.7. The minimum atomic E-state index is 0.153. The molecule has 1 heterocycles. The molecule has 29 heavy (non-hydrogen) atoms. The smallest absolute Gasteiger partial charge is 0.231 e. The Kier molecular flexibility index (Phi) is 7.49. The van der Waals surface area contributed by atoms with E-state index in [4.69, 9.17) is 23.2 Å². The van der Waals surface area contributed by atoms with Crippen LogP contribution in [-0.4, -0.2) is 40.2 Å². The van der Waals surface area contributed by atoms with Gasteiger partial charge in [0.25, 0.3) is 0 Å². The number of aromatic nitrogens is 3. The lowest BCUT2D eigenvalue weighted by Gasteiger charge is -2.18. The average Bonchev–Trinajstić information content (AvgIpc) is 2.70. The molecule has 0 saturated heterocycles. The van der Waals surface area contributed by atoms with Crippen molar-refractivity contribution in [3.8, 4) is 5.75 Å². The second-order valence-corrected chi connectivity index (χ2v) is 7.43. The van der Waals surface area contributed by atoms with E-state index in [1.807, 2.05) is 48.3 Å². The molecule has 0 amide bonds. The lowest BCUT2D eigenvalue weighted by molar-refractivity contribution is 0.475. The number of nitrogens with one attached hydrogen (secondary N) is 1. The molecule has 8 heteroatoms. The molecule has 0 spiro atoms. The molecule has 152 valence electrons. The molecule has 2 aromatic carbocycles. The highest BCUT2D eigenvalue weighted by molar-refractivity contribution is 6.31. The first-order chi connectivity index (χ1) is 14.0. The lowest BCUT2D eigenvalue weighted by atomic mass is 10.1. The summed E-state index contributed by atoms with van der Waals surface area (Å²) in [7, 11) is 1.93. The molecule has 1 aromatic heterocycles. The van der Waals surface area contributed by atoms with E-state index in [2.05, 4.69) is 20.3 Å². The molecule has 0 aliphatic carbocycles. The van der Waals surface area contributed by atoms with E-state index >= 15 is 0 Å². The van der Waals surface area contributed by atoms with Crippen LogP contribution in [0.1, 0.15) is 17.5 Å². The van der Waals surface area contributed by atoms with Gasteiger partial charge in [-0.1, -0.05) is 41.9 Å². The third-order valence-corrected chi connectivity index (χ3v) is 5.01. The summed E-state index contributed by atoms with van der Waals surface area (Å²) in [6.07, 6.45) is 2.56. The third kappa shape index (κ3) is 6.48. The van der Waals surface area contributed by atoms with Crippen molar-refractivity contribution in [1.29, 1.82) is 0 Å². The molecule has 0 aliphatic rings. The monoisotopic (exact) mass is 431 g/mol. The Morgan fingerprint density at radius 3 is 2.48 bits per heavy atom. The van der Waals surface area contributed by atoms with Gasteiger partial charge in [-0.15, -0.1) is 0 Å². The molecular formula is C21H23Cl2N5O. The minimum absolute atomic E-state index is 0.153. The maximum absolute atomic E-state index is 9.34. The maximum atomic E-state index is 9.34. The van der Waals surface area contributed by atoms with E-state index in [0.717, 1.165) is 42.0 Å². The van der Waals surface area contributed by atoms with E-state index in [-0.39, 0.29) is 11.0 Å². The van der Waals surface area contributed by atoms with Crippen LogP contribution in [0.2, 0.25) is 10.3 Å². The number of phenols is 1. The Hall–Kier alpha value is -2.57. The zero-order valence-electron chi connectivity index (χ0n) is 16.1.